The molecule has 7 aromatic carbocycles. The number of rotatable bonds is 2. The highest BCUT2D eigenvalue weighted by molar-refractivity contribution is 6.34. The van der Waals surface area contributed by atoms with Gasteiger partial charge in [0.2, 0.25) is 6.19 Å². The summed E-state index contributed by atoms with van der Waals surface area (Å²) in [6.45, 7) is 7.68. The van der Waals surface area contributed by atoms with Gasteiger partial charge in [0.05, 0.1) is 10.5 Å². The van der Waals surface area contributed by atoms with Crippen LogP contribution in [-0.4, -0.2) is 0 Å². The second-order valence-electron chi connectivity index (χ2n) is 9.18. The van der Waals surface area contributed by atoms with Gasteiger partial charge >= 0.3 is 0 Å². The van der Waals surface area contributed by atoms with Crippen LogP contribution in [0.4, 0.5) is 0 Å². The highest BCUT2D eigenvalue weighted by Crippen LogP contribution is 2.47. The predicted molar refractivity (Wildman–Crippen MR) is 153 cm³/mol. The van der Waals surface area contributed by atoms with E-state index in [1.54, 1.807) is 0 Å². The lowest BCUT2D eigenvalue weighted by atomic mass is 9.88. The summed E-state index contributed by atoms with van der Waals surface area (Å²) in [5, 5.41) is 23.4. The van der Waals surface area contributed by atoms with Gasteiger partial charge in [-0.05, 0) is 21.9 Å². The van der Waals surface area contributed by atoms with Crippen LogP contribution in [0.3, 0.4) is 0 Å². The molecule has 7 rings (SSSR count). The van der Waals surface area contributed by atoms with Crippen molar-refractivity contribution in [3.05, 3.63) is 131 Å². The molecule has 174 valence electrons. The van der Waals surface area contributed by atoms with Crippen molar-refractivity contribution in [3.8, 4) is 28.4 Å². The third-order valence-corrected chi connectivity index (χ3v) is 7.31. The highest BCUT2D eigenvalue weighted by Gasteiger charge is 2.26. The van der Waals surface area contributed by atoms with Crippen molar-refractivity contribution < 1.29 is 0 Å². The molecule has 0 N–H and O–H groups in total. The van der Waals surface area contributed by atoms with Crippen molar-refractivity contribution >= 4 is 43.1 Å². The van der Waals surface area contributed by atoms with E-state index in [9.17, 15) is 5.26 Å². The summed E-state index contributed by atoms with van der Waals surface area (Å²) in [5.74, 6) is 0. The van der Waals surface area contributed by atoms with Gasteiger partial charge in [-0.15, -0.1) is 4.95 Å². The monoisotopic (exact) mass is 482 g/mol. The van der Waals surface area contributed by atoms with Crippen LogP contribution in [0.5, 0.6) is 0 Å². The molecular weight excluding hydrogens is 464 g/mol. The zero-order valence-electron chi connectivity index (χ0n) is 20.2. The Labute approximate surface area is 218 Å². The molecule has 0 amide bonds. The van der Waals surface area contributed by atoms with Crippen molar-refractivity contribution in [3.63, 3.8) is 0 Å². The molecule has 0 aliphatic rings. The minimum atomic E-state index is 0.671. The van der Waals surface area contributed by atoms with Crippen molar-refractivity contribution in [2.24, 2.45) is 10.1 Å². The second-order valence-corrected chi connectivity index (χ2v) is 9.18. The lowest BCUT2D eigenvalue weighted by molar-refractivity contribution is 1.37. The standard InChI is InChI=1S/C34H18N4/c1-36-38-34-26-19-11-9-17-24(26)30-27(21-12-4-2-5-13-21)31-29(28(32(30)34)22-14-6-3-7-15-22)23-16-8-10-18-25(23)33(31)37-20-35/h2-19H/b37-33?,38-34+. The Kier molecular flexibility index (Phi) is 4.86. The highest BCUT2D eigenvalue weighted by atomic mass is 15.2. The van der Waals surface area contributed by atoms with Crippen molar-refractivity contribution in [1.82, 2.24) is 0 Å². The molecular formula is C34H18N4. The van der Waals surface area contributed by atoms with E-state index >= 15 is 0 Å². The van der Waals surface area contributed by atoms with Gasteiger partial charge in [0.1, 0.15) is 0 Å². The molecule has 38 heavy (non-hydrogen) atoms. The number of hydrogen-bond acceptors (Lipinski definition) is 3. The Morgan fingerprint density at radius 3 is 1.42 bits per heavy atom. The Balaban J connectivity index is 1.97. The molecule has 4 heteroatoms. The number of hydrogen-bond donors (Lipinski definition) is 0. The van der Waals surface area contributed by atoms with Gasteiger partial charge in [-0.25, -0.2) is 0 Å². The van der Waals surface area contributed by atoms with Crippen LogP contribution in [0.25, 0.3) is 70.3 Å². The molecule has 0 saturated carbocycles. The van der Waals surface area contributed by atoms with E-state index in [-0.39, 0.29) is 0 Å². The first kappa shape index (κ1) is 21.7. The van der Waals surface area contributed by atoms with Crippen molar-refractivity contribution in [1.29, 1.82) is 5.26 Å². The Hall–Kier alpha value is -5.58. The maximum absolute atomic E-state index is 9.80. The maximum atomic E-state index is 9.80. The van der Waals surface area contributed by atoms with Crippen molar-refractivity contribution in [2.75, 3.05) is 0 Å². The molecule has 0 bridgehead atoms. The van der Waals surface area contributed by atoms with Gasteiger partial charge in [-0.2, -0.15) is 16.8 Å². The largest absolute Gasteiger partial charge is 0.206 e. The van der Waals surface area contributed by atoms with Crippen LogP contribution in [-0.2, 0) is 0 Å². The molecule has 0 fully saturated rings. The van der Waals surface area contributed by atoms with E-state index in [2.05, 4.69) is 57.6 Å². The molecule has 0 atom stereocenters. The third-order valence-electron chi connectivity index (χ3n) is 7.31. The number of nitriles is 1. The maximum Gasteiger partial charge on any atom is 0.206 e. The van der Waals surface area contributed by atoms with Crippen LogP contribution in [0.1, 0.15) is 0 Å². The molecule has 0 saturated heterocycles. The summed E-state index contributed by atoms with van der Waals surface area (Å²) in [6.07, 6.45) is 2.07. The first-order valence-corrected chi connectivity index (χ1v) is 12.3. The fraction of sp³-hybridized carbons (Fsp3) is 0. The quantitative estimate of drug-likeness (QED) is 0.142. The number of nitrogens with zero attached hydrogens (tertiary/aromatic N) is 4. The van der Waals surface area contributed by atoms with Crippen LogP contribution in [0.15, 0.2) is 119 Å². The van der Waals surface area contributed by atoms with Crippen LogP contribution >= 0.6 is 0 Å². The third kappa shape index (κ3) is 2.95. The Morgan fingerprint density at radius 1 is 0.526 bits per heavy atom. The van der Waals surface area contributed by atoms with E-state index in [1.807, 2.05) is 72.8 Å². The Morgan fingerprint density at radius 2 is 0.947 bits per heavy atom. The van der Waals surface area contributed by atoms with Gasteiger partial charge in [-0.3, -0.25) is 0 Å². The average molecular weight is 483 g/mol. The summed E-state index contributed by atoms with van der Waals surface area (Å²) in [4.78, 5) is 7.91. The van der Waals surface area contributed by atoms with E-state index < -0.39 is 0 Å². The molecule has 0 unspecified atom stereocenters. The lowest BCUT2D eigenvalue weighted by Gasteiger charge is -2.14. The zero-order valence-corrected chi connectivity index (χ0v) is 20.2. The Bertz CT molecular complexity index is 2070. The van der Waals surface area contributed by atoms with E-state index in [0.717, 1.165) is 65.3 Å². The molecule has 0 aromatic heterocycles. The fourth-order valence-electron chi connectivity index (χ4n) is 5.95. The summed E-state index contributed by atoms with van der Waals surface area (Å²) in [5.41, 5.74) is 4.06. The minimum absolute atomic E-state index is 0.671. The van der Waals surface area contributed by atoms with Gasteiger partial charge in [-0.1, -0.05) is 109 Å². The minimum Gasteiger partial charge on any atom is -0.181 e. The summed E-state index contributed by atoms with van der Waals surface area (Å²) >= 11 is 0. The lowest BCUT2D eigenvalue weighted by Crippen LogP contribution is -2.03. The van der Waals surface area contributed by atoms with Gasteiger partial charge in [0.25, 0.3) is 0 Å². The molecule has 0 aliphatic carbocycles. The van der Waals surface area contributed by atoms with Crippen LogP contribution < -0.4 is 10.7 Å². The molecule has 0 radical (unpaired) electrons. The normalized spacial score (nSPS) is 12.5. The van der Waals surface area contributed by atoms with E-state index in [0.29, 0.717) is 10.7 Å². The number of benzene rings is 5. The van der Waals surface area contributed by atoms with E-state index in [4.69, 9.17) is 6.57 Å². The fourth-order valence-corrected chi connectivity index (χ4v) is 5.95. The molecule has 0 aliphatic heterocycles. The molecule has 0 spiro atoms. The van der Waals surface area contributed by atoms with Crippen LogP contribution in [0, 0.1) is 18.0 Å². The SMILES string of the molecule is [C-]#[N+]/N=c1\c2ccccc2c2c(-c3ccccc3)c3c(=NC#N)c4ccccc4c3c(-c3ccccc3)c12. The summed E-state index contributed by atoms with van der Waals surface area (Å²) in [6, 6.07) is 36.7. The molecule has 7 aromatic rings. The molecule has 4 nitrogen and oxygen atoms in total. The van der Waals surface area contributed by atoms with Gasteiger partial charge in [0.15, 0.2) is 5.36 Å². The molecule has 0 heterocycles. The average Bonchev–Trinajstić information content (AvgIpc) is 3.47. The topological polar surface area (TPSA) is 52.9 Å². The first-order chi connectivity index (χ1) is 18.8. The van der Waals surface area contributed by atoms with Crippen LogP contribution in [0.2, 0.25) is 0 Å². The van der Waals surface area contributed by atoms with E-state index in [1.165, 1.54) is 0 Å². The zero-order chi connectivity index (χ0) is 25.6. The number of fused-ring (bicyclic) bond motifs is 6. The summed E-state index contributed by atoms with van der Waals surface area (Å²) in [7, 11) is 0. The van der Waals surface area contributed by atoms with Gasteiger partial charge < -0.3 is 0 Å². The predicted octanol–water partition coefficient (Wildman–Crippen LogP) is 7.63. The smallest absolute Gasteiger partial charge is 0.181 e. The van der Waals surface area contributed by atoms with Crippen molar-refractivity contribution in [2.45, 2.75) is 0 Å². The summed E-state index contributed by atoms with van der Waals surface area (Å²) < 4.78 is 0. The second kappa shape index (κ2) is 8.52. The van der Waals surface area contributed by atoms with Gasteiger partial charge in [0, 0.05) is 43.4 Å². The first-order valence-electron chi connectivity index (χ1n) is 12.3.